The summed E-state index contributed by atoms with van der Waals surface area (Å²) in [5.74, 6) is 3.22. The van der Waals surface area contributed by atoms with Crippen molar-refractivity contribution in [3.8, 4) is 23.5 Å². The van der Waals surface area contributed by atoms with Crippen LogP contribution in [0, 0.1) is 12.3 Å². The number of aryl methyl sites for hydroxylation is 1. The van der Waals surface area contributed by atoms with E-state index in [0.717, 1.165) is 66.0 Å². The molecule has 0 aromatic heterocycles. The maximum Gasteiger partial charge on any atom is 0.0462 e. The Morgan fingerprint density at radius 2 is 1.05 bits per heavy atom. The van der Waals surface area contributed by atoms with Gasteiger partial charge in [0.15, 0.2) is 0 Å². The smallest absolute Gasteiger partial charge is 0.0462 e. The molecule has 0 heterocycles. The van der Waals surface area contributed by atoms with Gasteiger partial charge in [-0.2, -0.15) is 0 Å². The monoisotopic (exact) mass is 788 g/mol. The van der Waals surface area contributed by atoms with Crippen LogP contribution >= 0.6 is 0 Å². The summed E-state index contributed by atoms with van der Waals surface area (Å²) in [6.07, 6.45) is 22.6. The summed E-state index contributed by atoms with van der Waals surface area (Å²) in [5, 5.41) is 0. The fourth-order valence-corrected chi connectivity index (χ4v) is 8.20. The van der Waals surface area contributed by atoms with E-state index in [9.17, 15) is 0 Å². The van der Waals surface area contributed by atoms with Gasteiger partial charge < -0.3 is 9.80 Å². The van der Waals surface area contributed by atoms with Crippen LogP contribution in [0.1, 0.15) is 55.2 Å². The maximum absolute atomic E-state index is 6.29. The lowest BCUT2D eigenvalue weighted by Gasteiger charge is -2.27. The molecule has 1 aliphatic carbocycles. The summed E-state index contributed by atoms with van der Waals surface area (Å²) in [6, 6.07) is 69.2. The van der Waals surface area contributed by atoms with Crippen molar-refractivity contribution in [2.45, 2.75) is 44.9 Å². The van der Waals surface area contributed by atoms with Gasteiger partial charge in [0.2, 0.25) is 0 Å². The summed E-state index contributed by atoms with van der Waals surface area (Å²) >= 11 is 0. The van der Waals surface area contributed by atoms with E-state index in [1.807, 2.05) is 0 Å². The number of rotatable bonds is 15. The first-order chi connectivity index (χ1) is 30.1. The van der Waals surface area contributed by atoms with Gasteiger partial charge in [-0.1, -0.05) is 158 Å². The van der Waals surface area contributed by atoms with E-state index in [2.05, 4.69) is 247 Å². The van der Waals surface area contributed by atoms with E-state index in [-0.39, 0.29) is 5.92 Å². The Kier molecular flexibility index (Phi) is 13.3. The molecule has 0 saturated carbocycles. The van der Waals surface area contributed by atoms with E-state index in [4.69, 9.17) is 6.42 Å². The highest BCUT2D eigenvalue weighted by atomic mass is 15.1. The van der Waals surface area contributed by atoms with Crippen molar-refractivity contribution < 1.29 is 0 Å². The van der Waals surface area contributed by atoms with Crippen molar-refractivity contribution in [3.05, 3.63) is 252 Å². The molecule has 1 atom stereocenters. The predicted octanol–water partition coefficient (Wildman–Crippen LogP) is 16.0. The molecule has 0 fully saturated rings. The van der Waals surface area contributed by atoms with E-state index in [0.29, 0.717) is 0 Å². The largest absolute Gasteiger partial charge is 0.311 e. The predicted molar refractivity (Wildman–Crippen MR) is 261 cm³/mol. The molecule has 2 nitrogen and oxygen atoms in total. The first kappa shape index (κ1) is 40.4. The number of hydrogen-bond acceptors (Lipinski definition) is 2. The van der Waals surface area contributed by atoms with Crippen LogP contribution in [-0.2, 0) is 6.42 Å². The van der Waals surface area contributed by atoms with Crippen molar-refractivity contribution in [1.29, 1.82) is 0 Å². The minimum Gasteiger partial charge on any atom is -0.311 e. The molecular formula is C59H52N2. The van der Waals surface area contributed by atoms with Crippen molar-refractivity contribution in [2.75, 3.05) is 9.80 Å². The summed E-state index contributed by atoms with van der Waals surface area (Å²) in [7, 11) is 0. The van der Waals surface area contributed by atoms with Crippen LogP contribution in [-0.4, -0.2) is 0 Å². The lowest BCUT2D eigenvalue weighted by atomic mass is 9.86. The van der Waals surface area contributed by atoms with Crippen LogP contribution in [0.2, 0.25) is 0 Å². The van der Waals surface area contributed by atoms with Gasteiger partial charge in [-0.05, 0) is 145 Å². The number of para-hydroxylation sites is 3. The Hall–Kier alpha value is -7.34. The molecule has 0 saturated heterocycles. The second-order valence-electron chi connectivity index (χ2n) is 15.5. The lowest BCUT2D eigenvalue weighted by molar-refractivity contribution is 0.663. The SMILES string of the molecule is C#C/C(=C\C=C(/C)c1ccc(N(c2ccccc2)c2ccccc2)cc1)C(CCCc1ccc(-c2ccc(N(C3=CCCC=C3)c3ccccc3)cc2)cc1)c1ccccc1. The van der Waals surface area contributed by atoms with E-state index in [1.165, 1.54) is 39.2 Å². The van der Waals surface area contributed by atoms with Crippen LogP contribution in [0.5, 0.6) is 0 Å². The second-order valence-corrected chi connectivity index (χ2v) is 15.5. The normalized spacial score (nSPS) is 13.2. The molecule has 298 valence electrons. The van der Waals surface area contributed by atoms with Crippen molar-refractivity contribution >= 4 is 34.0 Å². The van der Waals surface area contributed by atoms with Gasteiger partial charge in [-0.15, -0.1) is 6.42 Å². The lowest BCUT2D eigenvalue weighted by Crippen LogP contribution is -2.16. The van der Waals surface area contributed by atoms with Crippen LogP contribution in [0.3, 0.4) is 0 Å². The molecule has 7 aromatic rings. The van der Waals surface area contributed by atoms with Gasteiger partial charge in [-0.3, -0.25) is 0 Å². The number of nitrogens with zero attached hydrogens (tertiary/aromatic N) is 2. The molecule has 0 N–H and O–H groups in total. The average molecular weight is 789 g/mol. The van der Waals surface area contributed by atoms with Gasteiger partial charge in [0.1, 0.15) is 0 Å². The molecule has 61 heavy (non-hydrogen) atoms. The Morgan fingerprint density at radius 3 is 1.59 bits per heavy atom. The number of terminal acetylenes is 1. The Labute approximate surface area is 363 Å². The summed E-state index contributed by atoms with van der Waals surface area (Å²) in [6.45, 7) is 2.16. The zero-order chi connectivity index (χ0) is 41.6. The average Bonchev–Trinajstić information content (AvgIpc) is 3.33. The first-order valence-corrected chi connectivity index (χ1v) is 21.5. The molecule has 0 aliphatic heterocycles. The Balaban J connectivity index is 0.940. The standard InChI is InChI=1S/C59H52N2/c1-3-48(35-32-46(2)49-38-42-57(43-39-49)60(53-23-11-5-12-24-53)54-25-13-6-14-26-54)59(52-21-9-4-10-22-52)31-19-20-47-33-36-50(37-34-47)51-40-44-58(45-41-51)61(55-27-15-7-16-28-55)56-29-17-8-18-30-56/h1,4-7,9-17,21-30,32-45,59H,8,18-20,31H2,2H3/b46-32+,48-35+. The third-order valence-electron chi connectivity index (χ3n) is 11.5. The van der Waals surface area contributed by atoms with Gasteiger partial charge in [-0.25, -0.2) is 0 Å². The quantitative estimate of drug-likeness (QED) is 0.0754. The Morgan fingerprint density at radius 1 is 0.557 bits per heavy atom. The Bertz CT molecular complexity index is 2590. The van der Waals surface area contributed by atoms with Crippen molar-refractivity contribution in [1.82, 2.24) is 0 Å². The summed E-state index contributed by atoms with van der Waals surface area (Å²) in [5.41, 5.74) is 15.3. The van der Waals surface area contributed by atoms with Crippen molar-refractivity contribution in [3.63, 3.8) is 0 Å². The topological polar surface area (TPSA) is 6.48 Å². The number of allylic oxidation sites excluding steroid dienone is 7. The van der Waals surface area contributed by atoms with E-state index < -0.39 is 0 Å². The van der Waals surface area contributed by atoms with Crippen LogP contribution in [0.25, 0.3) is 16.7 Å². The third kappa shape index (κ3) is 10.1. The van der Waals surface area contributed by atoms with E-state index in [1.54, 1.807) is 0 Å². The molecule has 0 spiro atoms. The second kappa shape index (κ2) is 20.1. The van der Waals surface area contributed by atoms with Gasteiger partial charge in [0.05, 0.1) is 0 Å². The highest BCUT2D eigenvalue weighted by Crippen LogP contribution is 2.36. The molecule has 1 unspecified atom stereocenters. The van der Waals surface area contributed by atoms with Gasteiger partial charge >= 0.3 is 0 Å². The van der Waals surface area contributed by atoms with Crippen molar-refractivity contribution in [2.24, 2.45) is 0 Å². The minimum atomic E-state index is 0.135. The fourth-order valence-electron chi connectivity index (χ4n) is 8.20. The molecule has 0 amide bonds. The number of hydrogen-bond donors (Lipinski definition) is 0. The van der Waals surface area contributed by atoms with Crippen LogP contribution < -0.4 is 9.80 Å². The molecule has 7 aromatic carbocycles. The molecule has 0 bridgehead atoms. The van der Waals surface area contributed by atoms with Crippen LogP contribution in [0.4, 0.5) is 28.4 Å². The highest BCUT2D eigenvalue weighted by Gasteiger charge is 2.17. The van der Waals surface area contributed by atoms with Gasteiger partial charge in [0, 0.05) is 45.6 Å². The first-order valence-electron chi connectivity index (χ1n) is 21.5. The fraction of sp³-hybridized carbons (Fsp3) is 0.119. The molecule has 1 aliphatic rings. The third-order valence-corrected chi connectivity index (χ3v) is 11.5. The minimum absolute atomic E-state index is 0.135. The summed E-state index contributed by atoms with van der Waals surface area (Å²) in [4.78, 5) is 4.62. The number of benzene rings is 7. The molecule has 8 rings (SSSR count). The van der Waals surface area contributed by atoms with Crippen LogP contribution in [0.15, 0.2) is 236 Å². The molecular weight excluding hydrogens is 737 g/mol. The van der Waals surface area contributed by atoms with E-state index >= 15 is 0 Å². The summed E-state index contributed by atoms with van der Waals surface area (Å²) < 4.78 is 0. The zero-order valence-corrected chi connectivity index (χ0v) is 34.9. The molecule has 0 radical (unpaired) electrons. The highest BCUT2D eigenvalue weighted by molar-refractivity contribution is 5.78. The van der Waals surface area contributed by atoms with Gasteiger partial charge in [0.25, 0.3) is 0 Å². The molecule has 2 heteroatoms. The number of anilines is 5. The maximum atomic E-state index is 6.29. The zero-order valence-electron chi connectivity index (χ0n) is 34.9.